The molecule has 0 radical (unpaired) electrons. The van der Waals surface area contributed by atoms with Gasteiger partial charge in [0, 0.05) is 36.1 Å². The van der Waals surface area contributed by atoms with Crippen molar-refractivity contribution in [2.24, 2.45) is 5.10 Å². The van der Waals surface area contributed by atoms with E-state index in [2.05, 4.69) is 10.5 Å². The van der Waals surface area contributed by atoms with Crippen LogP contribution in [0.5, 0.6) is 5.75 Å². The minimum absolute atomic E-state index is 0.0256. The van der Waals surface area contributed by atoms with Crippen molar-refractivity contribution in [2.45, 2.75) is 19.4 Å². The second-order valence-corrected chi connectivity index (χ2v) is 5.50. The number of pyridine rings is 1. The number of methoxy groups -OCH3 is 1. The number of carbonyl (C=O) groups excluding carboxylic acids is 2. The molecule has 1 aliphatic rings. The van der Waals surface area contributed by atoms with E-state index < -0.39 is 0 Å². The van der Waals surface area contributed by atoms with Crippen LogP contribution in [0.25, 0.3) is 0 Å². The fraction of sp³-hybridized carbons (Fsp3) is 0.222. The first-order valence-corrected chi connectivity index (χ1v) is 7.68. The standard InChI is InChI=1S/C18H17N3O3/c1-24-15-4-2-14(3-5-15)17(22)12-21-10-8-13(9-11-21)16-6-7-18(23)20-19-16/h2-5,8-11H,6-7,12H2,1H3/p+1. The zero-order valence-electron chi connectivity index (χ0n) is 13.4. The van der Waals surface area contributed by atoms with Gasteiger partial charge in [-0.05, 0) is 24.3 Å². The first kappa shape index (κ1) is 15.9. The summed E-state index contributed by atoms with van der Waals surface area (Å²) in [5.74, 6) is 0.691. The number of nitrogens with one attached hydrogen (secondary N) is 1. The zero-order valence-corrected chi connectivity index (χ0v) is 13.4. The van der Waals surface area contributed by atoms with E-state index in [9.17, 15) is 9.59 Å². The molecule has 0 fully saturated rings. The lowest BCUT2D eigenvalue weighted by atomic mass is 10.1. The van der Waals surface area contributed by atoms with Crippen molar-refractivity contribution < 1.29 is 18.9 Å². The van der Waals surface area contributed by atoms with Gasteiger partial charge in [0.05, 0.1) is 12.8 Å². The van der Waals surface area contributed by atoms with Crippen molar-refractivity contribution in [1.29, 1.82) is 0 Å². The van der Waals surface area contributed by atoms with Gasteiger partial charge >= 0.3 is 0 Å². The molecule has 0 spiro atoms. The number of ketones is 1. The predicted octanol–water partition coefficient (Wildman–Crippen LogP) is 1.48. The normalized spacial score (nSPS) is 13.9. The minimum Gasteiger partial charge on any atom is -0.497 e. The molecule has 0 saturated carbocycles. The topological polar surface area (TPSA) is 71.6 Å². The quantitative estimate of drug-likeness (QED) is 0.669. The van der Waals surface area contributed by atoms with E-state index in [-0.39, 0.29) is 18.2 Å². The summed E-state index contributed by atoms with van der Waals surface area (Å²) in [5.41, 5.74) is 4.93. The molecular formula is C18H18N3O3+. The van der Waals surface area contributed by atoms with Crippen molar-refractivity contribution in [3.63, 3.8) is 0 Å². The van der Waals surface area contributed by atoms with Gasteiger partial charge in [-0.3, -0.25) is 9.59 Å². The average Bonchev–Trinajstić information content (AvgIpc) is 2.63. The van der Waals surface area contributed by atoms with Gasteiger partial charge in [-0.1, -0.05) is 0 Å². The van der Waals surface area contributed by atoms with Gasteiger partial charge in [0.2, 0.25) is 18.2 Å². The number of nitrogens with zero attached hydrogens (tertiary/aromatic N) is 2. The highest BCUT2D eigenvalue weighted by Gasteiger charge is 2.16. The van der Waals surface area contributed by atoms with Crippen LogP contribution in [0.3, 0.4) is 0 Å². The maximum absolute atomic E-state index is 12.3. The van der Waals surface area contributed by atoms with Gasteiger partial charge in [-0.2, -0.15) is 9.67 Å². The van der Waals surface area contributed by atoms with E-state index in [1.807, 2.05) is 29.1 Å². The van der Waals surface area contributed by atoms with E-state index in [1.54, 1.807) is 31.4 Å². The first-order valence-electron chi connectivity index (χ1n) is 7.68. The molecule has 1 N–H and O–H groups in total. The maximum Gasteiger partial charge on any atom is 0.240 e. The smallest absolute Gasteiger partial charge is 0.240 e. The van der Waals surface area contributed by atoms with E-state index in [1.165, 1.54) is 0 Å². The molecule has 1 aromatic carbocycles. The summed E-state index contributed by atoms with van der Waals surface area (Å²) in [7, 11) is 1.59. The molecule has 3 rings (SSSR count). The van der Waals surface area contributed by atoms with E-state index >= 15 is 0 Å². The number of hydrazone groups is 1. The van der Waals surface area contributed by atoms with E-state index in [4.69, 9.17) is 4.74 Å². The first-order chi connectivity index (χ1) is 11.7. The summed E-state index contributed by atoms with van der Waals surface area (Å²) >= 11 is 0. The SMILES string of the molecule is COc1ccc(C(=O)C[n+]2ccc(C3=NNC(=O)CC3)cc2)cc1. The fourth-order valence-corrected chi connectivity index (χ4v) is 2.47. The predicted molar refractivity (Wildman–Crippen MR) is 87.9 cm³/mol. The molecule has 0 aliphatic carbocycles. The summed E-state index contributed by atoms with van der Waals surface area (Å²) < 4.78 is 6.91. The molecular weight excluding hydrogens is 306 g/mol. The van der Waals surface area contributed by atoms with Crippen molar-refractivity contribution in [1.82, 2.24) is 5.43 Å². The Balaban J connectivity index is 1.67. The molecule has 1 aliphatic heterocycles. The van der Waals surface area contributed by atoms with Gasteiger partial charge in [0.15, 0.2) is 12.4 Å². The Kier molecular flexibility index (Phi) is 4.65. The van der Waals surface area contributed by atoms with Crippen molar-refractivity contribution in [3.8, 4) is 5.75 Å². The number of Topliss-reactive ketones (excluding diaryl/α,β-unsaturated/α-hetero) is 1. The lowest BCUT2D eigenvalue weighted by Crippen LogP contribution is -2.37. The number of amides is 1. The number of ether oxygens (including phenoxy) is 1. The molecule has 2 aromatic rings. The third-order valence-corrected chi connectivity index (χ3v) is 3.87. The molecule has 24 heavy (non-hydrogen) atoms. The van der Waals surface area contributed by atoms with E-state index in [0.717, 1.165) is 17.0 Å². The van der Waals surface area contributed by atoms with Crippen molar-refractivity contribution >= 4 is 17.4 Å². The van der Waals surface area contributed by atoms with Crippen LogP contribution in [0.1, 0.15) is 28.8 Å². The highest BCUT2D eigenvalue weighted by molar-refractivity contribution is 6.04. The van der Waals surface area contributed by atoms with Crippen LogP contribution in [-0.4, -0.2) is 24.5 Å². The summed E-state index contributed by atoms with van der Waals surface area (Å²) in [6.07, 6.45) is 4.76. The third kappa shape index (κ3) is 3.65. The summed E-state index contributed by atoms with van der Waals surface area (Å²) in [6, 6.07) is 10.9. The Morgan fingerprint density at radius 2 is 1.88 bits per heavy atom. The van der Waals surface area contributed by atoms with Crippen LogP contribution in [0.2, 0.25) is 0 Å². The number of benzene rings is 1. The van der Waals surface area contributed by atoms with Crippen molar-refractivity contribution in [3.05, 3.63) is 59.9 Å². The van der Waals surface area contributed by atoms with Crippen LogP contribution < -0.4 is 14.7 Å². The molecule has 6 heteroatoms. The Hall–Kier alpha value is -3.02. The molecule has 1 aromatic heterocycles. The summed E-state index contributed by atoms with van der Waals surface area (Å²) in [6.45, 7) is 0.260. The highest BCUT2D eigenvalue weighted by Crippen LogP contribution is 2.12. The molecule has 2 heterocycles. The Morgan fingerprint density at radius 3 is 2.46 bits per heavy atom. The maximum atomic E-state index is 12.3. The Labute approximate surface area is 139 Å². The number of hydrogen-bond acceptors (Lipinski definition) is 4. The van der Waals surface area contributed by atoms with Crippen LogP contribution in [-0.2, 0) is 11.3 Å². The lowest BCUT2D eigenvalue weighted by molar-refractivity contribution is -0.683. The second-order valence-electron chi connectivity index (χ2n) is 5.50. The molecule has 0 unspecified atom stereocenters. The van der Waals surface area contributed by atoms with Gasteiger partial charge in [0.25, 0.3) is 0 Å². The van der Waals surface area contributed by atoms with Crippen molar-refractivity contribution in [2.75, 3.05) is 7.11 Å². The molecule has 0 saturated heterocycles. The highest BCUT2D eigenvalue weighted by atomic mass is 16.5. The summed E-state index contributed by atoms with van der Waals surface area (Å²) in [5, 5.41) is 4.06. The number of carbonyl (C=O) groups is 2. The molecule has 122 valence electrons. The molecule has 1 amide bonds. The monoisotopic (exact) mass is 324 g/mol. The Bertz CT molecular complexity index is 780. The largest absolute Gasteiger partial charge is 0.497 e. The van der Waals surface area contributed by atoms with Crippen LogP contribution in [0, 0.1) is 0 Å². The number of aromatic nitrogens is 1. The lowest BCUT2D eigenvalue weighted by Gasteiger charge is -2.11. The zero-order chi connectivity index (χ0) is 16.9. The third-order valence-electron chi connectivity index (χ3n) is 3.87. The van der Waals surface area contributed by atoms with Gasteiger partial charge in [-0.25, -0.2) is 5.43 Å². The minimum atomic E-state index is -0.0603. The average molecular weight is 324 g/mol. The van der Waals surface area contributed by atoms with E-state index in [0.29, 0.717) is 18.4 Å². The number of rotatable bonds is 5. The number of hydrogen-bond donors (Lipinski definition) is 1. The molecule has 0 atom stereocenters. The molecule has 6 nitrogen and oxygen atoms in total. The van der Waals surface area contributed by atoms with Gasteiger partial charge in [-0.15, -0.1) is 0 Å². The Morgan fingerprint density at radius 1 is 1.17 bits per heavy atom. The van der Waals surface area contributed by atoms with Crippen LogP contribution in [0.15, 0.2) is 53.9 Å². The molecule has 0 bridgehead atoms. The second kappa shape index (κ2) is 7.04. The summed E-state index contributed by atoms with van der Waals surface area (Å²) in [4.78, 5) is 23.4. The van der Waals surface area contributed by atoms with Gasteiger partial charge in [0.1, 0.15) is 5.75 Å². The fourth-order valence-electron chi connectivity index (χ4n) is 2.47. The van der Waals surface area contributed by atoms with Crippen LogP contribution >= 0.6 is 0 Å². The van der Waals surface area contributed by atoms with Gasteiger partial charge < -0.3 is 4.74 Å². The van der Waals surface area contributed by atoms with Crippen LogP contribution in [0.4, 0.5) is 0 Å².